The van der Waals surface area contributed by atoms with E-state index in [1.165, 1.54) is 0 Å². The van der Waals surface area contributed by atoms with Gasteiger partial charge in [0.1, 0.15) is 0 Å². The van der Waals surface area contributed by atoms with Crippen molar-refractivity contribution in [3.63, 3.8) is 0 Å². The Hall–Kier alpha value is -1.32. The van der Waals surface area contributed by atoms with Gasteiger partial charge in [0, 0.05) is 11.1 Å². The highest BCUT2D eigenvalue weighted by atomic mass is 16.5. The summed E-state index contributed by atoms with van der Waals surface area (Å²) in [5.74, 6) is -0.258. The Bertz CT molecular complexity index is 319. The predicted octanol–water partition coefficient (Wildman–Crippen LogP) is 3.50. The SMILES string of the molecule is CCOC(=O)C(CC(C)C)=C(CC(C)C)C(=O)OCC. The molecule has 0 saturated carbocycles. The zero-order valence-corrected chi connectivity index (χ0v) is 13.6. The Balaban J connectivity index is 5.56. The summed E-state index contributed by atoms with van der Waals surface area (Å²) in [6.07, 6.45) is 1.05. The summed E-state index contributed by atoms with van der Waals surface area (Å²) in [6, 6.07) is 0. The second kappa shape index (κ2) is 9.56. The molecule has 0 aliphatic carbocycles. The van der Waals surface area contributed by atoms with Crippen LogP contribution in [0.3, 0.4) is 0 Å². The molecule has 4 nitrogen and oxygen atoms in total. The zero-order valence-electron chi connectivity index (χ0n) is 13.6. The minimum Gasteiger partial charge on any atom is -0.463 e. The lowest BCUT2D eigenvalue weighted by Gasteiger charge is -2.16. The third kappa shape index (κ3) is 6.73. The van der Waals surface area contributed by atoms with Crippen molar-refractivity contribution in [1.29, 1.82) is 0 Å². The molecule has 0 aromatic heterocycles. The van der Waals surface area contributed by atoms with Crippen LogP contribution >= 0.6 is 0 Å². The summed E-state index contributed by atoms with van der Waals surface area (Å²) in [5.41, 5.74) is 0.933. The minimum absolute atomic E-state index is 0.269. The van der Waals surface area contributed by atoms with Crippen LogP contribution in [0.25, 0.3) is 0 Å². The van der Waals surface area contributed by atoms with Gasteiger partial charge in [-0.1, -0.05) is 27.7 Å². The topological polar surface area (TPSA) is 52.6 Å². The fourth-order valence-corrected chi connectivity index (χ4v) is 1.91. The van der Waals surface area contributed by atoms with Gasteiger partial charge >= 0.3 is 11.9 Å². The summed E-state index contributed by atoms with van der Waals surface area (Å²) >= 11 is 0. The summed E-state index contributed by atoms with van der Waals surface area (Å²) in [7, 11) is 0. The summed E-state index contributed by atoms with van der Waals surface area (Å²) in [5, 5.41) is 0. The highest BCUT2D eigenvalue weighted by molar-refractivity contribution is 6.00. The van der Waals surface area contributed by atoms with E-state index in [1.54, 1.807) is 13.8 Å². The molecule has 0 aliphatic rings. The van der Waals surface area contributed by atoms with Crippen molar-refractivity contribution in [3.05, 3.63) is 11.1 Å². The fourth-order valence-electron chi connectivity index (χ4n) is 1.91. The standard InChI is InChI=1S/C16H28O4/c1-7-19-15(17)13(9-11(3)4)14(10-12(5)6)16(18)20-8-2/h11-12H,7-10H2,1-6H3. The smallest absolute Gasteiger partial charge is 0.334 e. The molecule has 0 rings (SSSR count). The Labute approximate surface area is 122 Å². The van der Waals surface area contributed by atoms with Gasteiger partial charge in [-0.3, -0.25) is 0 Å². The molecule has 0 aromatic rings. The first kappa shape index (κ1) is 18.7. The molecular weight excluding hydrogens is 256 g/mol. The lowest BCUT2D eigenvalue weighted by atomic mass is 9.92. The third-order valence-corrected chi connectivity index (χ3v) is 2.63. The van der Waals surface area contributed by atoms with Crippen LogP contribution in [0.15, 0.2) is 11.1 Å². The molecular formula is C16H28O4. The van der Waals surface area contributed by atoms with Gasteiger partial charge < -0.3 is 9.47 Å². The molecule has 0 spiro atoms. The quantitative estimate of drug-likeness (QED) is 0.505. The lowest BCUT2D eigenvalue weighted by molar-refractivity contribution is -0.142. The van der Waals surface area contributed by atoms with Crippen molar-refractivity contribution in [3.8, 4) is 0 Å². The van der Waals surface area contributed by atoms with E-state index in [-0.39, 0.29) is 11.8 Å². The molecule has 0 amide bonds. The van der Waals surface area contributed by atoms with Crippen molar-refractivity contribution < 1.29 is 19.1 Å². The molecule has 0 N–H and O–H groups in total. The summed E-state index contributed by atoms with van der Waals surface area (Å²) < 4.78 is 10.2. The Morgan fingerprint density at radius 3 is 1.25 bits per heavy atom. The maximum atomic E-state index is 12.1. The molecule has 0 unspecified atom stereocenters. The normalized spacial score (nSPS) is 12.4. The molecule has 0 bridgehead atoms. The van der Waals surface area contributed by atoms with Crippen LogP contribution < -0.4 is 0 Å². The molecule has 0 aliphatic heterocycles. The molecule has 0 radical (unpaired) electrons. The van der Waals surface area contributed by atoms with E-state index >= 15 is 0 Å². The van der Waals surface area contributed by atoms with Crippen LogP contribution in [-0.4, -0.2) is 25.2 Å². The Morgan fingerprint density at radius 2 is 1.05 bits per heavy atom. The van der Waals surface area contributed by atoms with Crippen molar-refractivity contribution in [2.75, 3.05) is 13.2 Å². The van der Waals surface area contributed by atoms with Gasteiger partial charge in [0.05, 0.1) is 13.2 Å². The second-order valence-electron chi connectivity index (χ2n) is 5.59. The molecule has 20 heavy (non-hydrogen) atoms. The molecule has 0 saturated heterocycles. The third-order valence-electron chi connectivity index (χ3n) is 2.63. The van der Waals surface area contributed by atoms with Gasteiger partial charge in [-0.05, 0) is 38.5 Å². The monoisotopic (exact) mass is 284 g/mol. The lowest BCUT2D eigenvalue weighted by Crippen LogP contribution is -2.19. The van der Waals surface area contributed by atoms with Gasteiger partial charge in [-0.2, -0.15) is 0 Å². The van der Waals surface area contributed by atoms with Crippen LogP contribution in [0.2, 0.25) is 0 Å². The first-order chi connectivity index (χ1) is 9.33. The van der Waals surface area contributed by atoms with E-state index in [2.05, 4.69) is 0 Å². The van der Waals surface area contributed by atoms with Crippen LogP contribution in [0.5, 0.6) is 0 Å². The number of carbonyl (C=O) groups is 2. The van der Waals surface area contributed by atoms with Gasteiger partial charge in [-0.15, -0.1) is 0 Å². The van der Waals surface area contributed by atoms with E-state index < -0.39 is 11.9 Å². The maximum absolute atomic E-state index is 12.1. The van der Waals surface area contributed by atoms with Crippen LogP contribution in [0, 0.1) is 11.8 Å². The van der Waals surface area contributed by atoms with Gasteiger partial charge in [0.15, 0.2) is 0 Å². The average Bonchev–Trinajstić information content (AvgIpc) is 2.33. The van der Waals surface area contributed by atoms with Crippen LogP contribution in [-0.2, 0) is 19.1 Å². The summed E-state index contributed by atoms with van der Waals surface area (Å²) in [6.45, 7) is 12.2. The van der Waals surface area contributed by atoms with Gasteiger partial charge in [0.2, 0.25) is 0 Å². The van der Waals surface area contributed by atoms with E-state index in [0.29, 0.717) is 37.2 Å². The van der Waals surface area contributed by atoms with Crippen molar-refractivity contribution >= 4 is 11.9 Å². The van der Waals surface area contributed by atoms with Crippen LogP contribution in [0.4, 0.5) is 0 Å². The van der Waals surface area contributed by atoms with Gasteiger partial charge in [0.25, 0.3) is 0 Å². The first-order valence-corrected chi connectivity index (χ1v) is 7.39. The minimum atomic E-state index is -0.398. The maximum Gasteiger partial charge on any atom is 0.334 e. The Kier molecular flexibility index (Phi) is 8.93. The van der Waals surface area contributed by atoms with E-state index in [4.69, 9.17) is 9.47 Å². The van der Waals surface area contributed by atoms with Gasteiger partial charge in [-0.25, -0.2) is 9.59 Å². The largest absolute Gasteiger partial charge is 0.463 e. The van der Waals surface area contributed by atoms with E-state index in [9.17, 15) is 9.59 Å². The Morgan fingerprint density at radius 1 is 0.750 bits per heavy atom. The van der Waals surface area contributed by atoms with E-state index in [0.717, 1.165) is 0 Å². The first-order valence-electron chi connectivity index (χ1n) is 7.39. The molecule has 0 heterocycles. The highest BCUT2D eigenvalue weighted by Crippen LogP contribution is 2.23. The van der Waals surface area contributed by atoms with E-state index in [1.807, 2.05) is 27.7 Å². The molecule has 0 atom stereocenters. The van der Waals surface area contributed by atoms with Crippen molar-refractivity contribution in [1.82, 2.24) is 0 Å². The number of rotatable bonds is 8. The average molecular weight is 284 g/mol. The second-order valence-corrected chi connectivity index (χ2v) is 5.59. The molecule has 0 fully saturated rings. The number of carbonyl (C=O) groups excluding carboxylic acids is 2. The van der Waals surface area contributed by atoms with Crippen LogP contribution in [0.1, 0.15) is 54.4 Å². The predicted molar refractivity (Wildman–Crippen MR) is 79.2 cm³/mol. The number of hydrogen-bond donors (Lipinski definition) is 0. The molecule has 4 heteroatoms. The number of esters is 2. The fraction of sp³-hybridized carbons (Fsp3) is 0.750. The highest BCUT2D eigenvalue weighted by Gasteiger charge is 2.24. The number of ether oxygens (including phenoxy) is 2. The van der Waals surface area contributed by atoms with Crippen molar-refractivity contribution in [2.24, 2.45) is 11.8 Å². The van der Waals surface area contributed by atoms with Crippen molar-refractivity contribution in [2.45, 2.75) is 54.4 Å². The molecule has 116 valence electrons. The molecule has 0 aromatic carbocycles. The number of hydrogen-bond acceptors (Lipinski definition) is 4. The zero-order chi connectivity index (χ0) is 15.7. The summed E-state index contributed by atoms with van der Waals surface area (Å²) in [4.78, 5) is 24.2.